The lowest BCUT2D eigenvalue weighted by Gasteiger charge is -2.30. The average Bonchev–Trinajstić information content (AvgIpc) is 3.36. The summed E-state index contributed by atoms with van der Waals surface area (Å²) in [6, 6.07) is 0. The van der Waals surface area contributed by atoms with Gasteiger partial charge in [-0.3, -0.25) is 14.4 Å². The predicted molar refractivity (Wildman–Crippen MR) is 108 cm³/mol. The van der Waals surface area contributed by atoms with Crippen LogP contribution in [0.5, 0.6) is 0 Å². The van der Waals surface area contributed by atoms with Crippen LogP contribution in [0, 0.1) is 35.0 Å². The number of nitrogens with zero attached hydrogens (tertiary/aromatic N) is 1. The van der Waals surface area contributed by atoms with Crippen LogP contribution in [0.4, 0.5) is 0 Å². The number of carbonyl (C=O) groups excluding carboxylic acids is 3. The minimum atomic E-state index is -3.86. The molecule has 6 atom stereocenters. The van der Waals surface area contributed by atoms with Crippen molar-refractivity contribution >= 4 is 27.9 Å². The molecule has 0 spiro atoms. The predicted octanol–water partition coefficient (Wildman–Crippen LogP) is 2.67. The molecule has 0 aromatic carbocycles. The van der Waals surface area contributed by atoms with Crippen LogP contribution < -0.4 is 0 Å². The highest BCUT2D eigenvalue weighted by Gasteiger charge is 2.54. The zero-order chi connectivity index (χ0) is 22.3. The van der Waals surface area contributed by atoms with Crippen LogP contribution in [0.15, 0.2) is 0 Å². The van der Waals surface area contributed by atoms with Crippen LogP contribution in [0.3, 0.4) is 0 Å². The molecule has 30 heavy (non-hydrogen) atoms. The van der Waals surface area contributed by atoms with Gasteiger partial charge in [0, 0.05) is 0 Å². The minimum absolute atomic E-state index is 0.00898. The van der Waals surface area contributed by atoms with E-state index in [1.807, 2.05) is 6.92 Å². The molecule has 6 unspecified atom stereocenters. The molecule has 0 radical (unpaired) electrons. The van der Waals surface area contributed by atoms with Gasteiger partial charge in [-0.25, -0.2) is 0 Å². The summed E-state index contributed by atoms with van der Waals surface area (Å²) < 4.78 is 31.5. The standard InChI is InChI=1S/C11H17NO5S.C10H16O2/c1-3-7-5-4-6-8-9(7)11(14)12(10(8)13)17-18(2,15)16;1-10(9(11)12-2)6-7-3-4-8(10)5-7/h7-9H,3-6H2,1-2H3;7-8H,3-6H2,1-2H3. The Hall–Kier alpha value is -1.48. The normalized spacial score (nSPS) is 37.6. The molecule has 9 heteroatoms. The third-order valence-electron chi connectivity index (χ3n) is 7.58. The Labute approximate surface area is 178 Å². The molecule has 0 aromatic rings. The third-order valence-corrected chi connectivity index (χ3v) is 7.99. The third kappa shape index (κ3) is 4.28. The molecule has 4 fully saturated rings. The summed E-state index contributed by atoms with van der Waals surface area (Å²) >= 11 is 0. The first-order valence-electron chi connectivity index (χ1n) is 10.9. The fourth-order valence-electron chi connectivity index (χ4n) is 6.09. The maximum absolute atomic E-state index is 12.1. The summed E-state index contributed by atoms with van der Waals surface area (Å²) in [5.74, 6) is -0.247. The lowest BCUT2D eigenvalue weighted by molar-refractivity contribution is -0.165. The molecule has 4 aliphatic rings. The maximum Gasteiger partial charge on any atom is 0.311 e. The van der Waals surface area contributed by atoms with Gasteiger partial charge in [-0.15, -0.1) is 9.35 Å². The SMILES string of the molecule is CCC1CCCC2C(=O)N(OS(C)(=O)=O)C(=O)C12.COC(=O)C1(C)CC2CCC1C2. The van der Waals surface area contributed by atoms with E-state index in [4.69, 9.17) is 4.74 Å². The topological polar surface area (TPSA) is 107 Å². The van der Waals surface area contributed by atoms with E-state index in [-0.39, 0.29) is 17.3 Å². The van der Waals surface area contributed by atoms with Crippen molar-refractivity contribution in [3.8, 4) is 0 Å². The van der Waals surface area contributed by atoms with Gasteiger partial charge in [0.15, 0.2) is 0 Å². The Morgan fingerprint density at radius 1 is 1.17 bits per heavy atom. The summed E-state index contributed by atoms with van der Waals surface area (Å²) in [4.78, 5) is 35.6. The molecule has 1 saturated heterocycles. The number of hydrogen-bond donors (Lipinski definition) is 0. The molecule has 3 aliphatic carbocycles. The fourth-order valence-corrected chi connectivity index (χ4v) is 6.51. The molecular weight excluding hydrogens is 410 g/mol. The molecule has 1 heterocycles. The maximum atomic E-state index is 12.1. The fraction of sp³-hybridized carbons (Fsp3) is 0.857. The monoisotopic (exact) mass is 443 g/mol. The summed E-state index contributed by atoms with van der Waals surface area (Å²) in [6.45, 7) is 4.05. The number of hydroxylamine groups is 2. The highest BCUT2D eigenvalue weighted by Crippen LogP contribution is 2.56. The van der Waals surface area contributed by atoms with E-state index in [2.05, 4.69) is 11.2 Å². The van der Waals surface area contributed by atoms with Gasteiger partial charge in [0.2, 0.25) is 0 Å². The Morgan fingerprint density at radius 3 is 2.37 bits per heavy atom. The second-order valence-electron chi connectivity index (χ2n) is 9.47. The molecular formula is C21H33NO7S. The Balaban J connectivity index is 0.000000184. The van der Waals surface area contributed by atoms with E-state index in [0.717, 1.165) is 37.9 Å². The molecule has 170 valence electrons. The smallest absolute Gasteiger partial charge is 0.311 e. The van der Waals surface area contributed by atoms with Gasteiger partial charge in [-0.05, 0) is 56.8 Å². The number of methoxy groups -OCH3 is 1. The number of fused-ring (bicyclic) bond motifs is 3. The first-order chi connectivity index (χ1) is 14.0. The summed E-state index contributed by atoms with van der Waals surface area (Å²) in [7, 11) is -2.36. The van der Waals surface area contributed by atoms with Crippen molar-refractivity contribution in [3.05, 3.63) is 0 Å². The van der Waals surface area contributed by atoms with Gasteiger partial charge in [0.05, 0.1) is 30.6 Å². The number of ether oxygens (including phenoxy) is 1. The second kappa shape index (κ2) is 8.57. The quantitative estimate of drug-likeness (QED) is 0.486. The molecule has 1 aliphatic heterocycles. The number of rotatable bonds is 4. The number of hydrogen-bond acceptors (Lipinski definition) is 7. The van der Waals surface area contributed by atoms with Crippen molar-refractivity contribution < 1.29 is 31.8 Å². The van der Waals surface area contributed by atoms with Crippen LogP contribution in [0.25, 0.3) is 0 Å². The highest BCUT2D eigenvalue weighted by molar-refractivity contribution is 7.85. The van der Waals surface area contributed by atoms with Crippen molar-refractivity contribution in [1.29, 1.82) is 0 Å². The van der Waals surface area contributed by atoms with E-state index in [9.17, 15) is 22.8 Å². The molecule has 2 bridgehead atoms. The summed E-state index contributed by atoms with van der Waals surface area (Å²) in [6.07, 6.45) is 8.95. The van der Waals surface area contributed by atoms with Crippen LogP contribution in [0.1, 0.15) is 65.2 Å². The number of carbonyl (C=O) groups is 3. The van der Waals surface area contributed by atoms with Crippen molar-refractivity contribution in [2.75, 3.05) is 13.4 Å². The van der Waals surface area contributed by atoms with E-state index < -0.39 is 33.8 Å². The first kappa shape index (κ1) is 23.2. The van der Waals surface area contributed by atoms with Crippen molar-refractivity contribution in [1.82, 2.24) is 5.06 Å². The molecule has 4 rings (SSSR count). The second-order valence-corrected chi connectivity index (χ2v) is 11.0. The molecule has 0 N–H and O–H groups in total. The van der Waals surface area contributed by atoms with Gasteiger partial charge in [-0.2, -0.15) is 8.42 Å². The summed E-state index contributed by atoms with van der Waals surface area (Å²) in [5, 5.41) is 0.457. The zero-order valence-corrected chi connectivity index (χ0v) is 19.1. The molecule has 3 saturated carbocycles. The van der Waals surface area contributed by atoms with Gasteiger partial charge in [0.25, 0.3) is 21.9 Å². The largest absolute Gasteiger partial charge is 0.469 e. The molecule has 8 nitrogen and oxygen atoms in total. The Kier molecular flexibility index (Phi) is 6.63. The lowest BCUT2D eigenvalue weighted by atomic mass is 9.72. The highest BCUT2D eigenvalue weighted by atomic mass is 32.2. The van der Waals surface area contributed by atoms with E-state index in [1.165, 1.54) is 26.4 Å². The molecule has 2 amide bonds. The Bertz CT molecular complexity index is 810. The van der Waals surface area contributed by atoms with Crippen LogP contribution >= 0.6 is 0 Å². The van der Waals surface area contributed by atoms with Crippen LogP contribution in [-0.4, -0.2) is 44.6 Å². The number of amides is 2. The Morgan fingerprint density at radius 2 is 1.87 bits per heavy atom. The van der Waals surface area contributed by atoms with Crippen molar-refractivity contribution in [2.24, 2.45) is 35.0 Å². The van der Waals surface area contributed by atoms with Gasteiger partial charge >= 0.3 is 5.97 Å². The van der Waals surface area contributed by atoms with Crippen molar-refractivity contribution in [2.45, 2.75) is 65.2 Å². The minimum Gasteiger partial charge on any atom is -0.469 e. The van der Waals surface area contributed by atoms with Crippen LogP contribution in [-0.2, 0) is 33.5 Å². The van der Waals surface area contributed by atoms with E-state index in [1.54, 1.807) is 0 Å². The first-order valence-corrected chi connectivity index (χ1v) is 12.7. The van der Waals surface area contributed by atoms with E-state index >= 15 is 0 Å². The van der Waals surface area contributed by atoms with Gasteiger partial charge in [0.1, 0.15) is 0 Å². The zero-order valence-electron chi connectivity index (χ0n) is 18.3. The number of esters is 1. The summed E-state index contributed by atoms with van der Waals surface area (Å²) in [5.41, 5.74) is -0.141. The van der Waals surface area contributed by atoms with Gasteiger partial charge < -0.3 is 4.74 Å². The lowest BCUT2D eigenvalue weighted by Crippen LogP contribution is -2.34. The molecule has 0 aromatic heterocycles. The van der Waals surface area contributed by atoms with Crippen molar-refractivity contribution in [3.63, 3.8) is 0 Å². The van der Waals surface area contributed by atoms with Crippen LogP contribution in [0.2, 0.25) is 0 Å². The average molecular weight is 444 g/mol. The number of imide groups is 1. The van der Waals surface area contributed by atoms with Gasteiger partial charge in [-0.1, -0.05) is 26.2 Å². The van der Waals surface area contributed by atoms with E-state index in [0.29, 0.717) is 17.4 Å².